The average molecular weight is 311 g/mol. The summed E-state index contributed by atoms with van der Waals surface area (Å²) in [7, 11) is 0. The molecule has 4 aliphatic rings. The molecule has 0 aromatic carbocycles. The summed E-state index contributed by atoms with van der Waals surface area (Å²) in [6, 6.07) is 4.07. The van der Waals surface area contributed by atoms with Gasteiger partial charge in [-0.25, -0.2) is 9.98 Å². The molecule has 114 valence electrons. The van der Waals surface area contributed by atoms with Crippen molar-refractivity contribution in [3.05, 3.63) is 89.9 Å². The van der Waals surface area contributed by atoms with Gasteiger partial charge in [0.15, 0.2) is 0 Å². The normalized spacial score (nSPS) is 20.5. The Kier molecular flexibility index (Phi) is 2.79. The van der Waals surface area contributed by atoms with Crippen molar-refractivity contribution in [1.29, 1.82) is 0 Å². The summed E-state index contributed by atoms with van der Waals surface area (Å²) < 4.78 is 0. The van der Waals surface area contributed by atoms with Crippen LogP contribution in [0.15, 0.2) is 82.5 Å². The van der Waals surface area contributed by atoms with Crippen LogP contribution in [-0.4, -0.2) is 26.2 Å². The van der Waals surface area contributed by atoms with Gasteiger partial charge in [-0.2, -0.15) is 0 Å². The van der Waals surface area contributed by atoms with E-state index in [0.29, 0.717) is 0 Å². The molecule has 0 atom stereocenters. The van der Waals surface area contributed by atoms with Crippen molar-refractivity contribution in [3.8, 4) is 0 Å². The Morgan fingerprint density at radius 3 is 2.38 bits per heavy atom. The van der Waals surface area contributed by atoms with E-state index >= 15 is 0 Å². The molecule has 0 unspecified atom stereocenters. The van der Waals surface area contributed by atoms with Gasteiger partial charge in [-0.05, 0) is 48.6 Å². The first-order valence-electron chi connectivity index (χ1n) is 7.67. The molecule has 0 saturated heterocycles. The number of H-pyrrole nitrogens is 1. The number of fused-ring (bicyclic) bond motifs is 6. The SMILES string of the molecule is [C]1N2C=CN1C=c1ccc([nH]1)=CC1=NC(=CC3=NC(=C2)C=C3)C=C1. The Balaban J connectivity index is 1.64. The van der Waals surface area contributed by atoms with Crippen LogP contribution in [-0.2, 0) is 0 Å². The van der Waals surface area contributed by atoms with E-state index in [2.05, 4.69) is 21.6 Å². The van der Waals surface area contributed by atoms with Crippen molar-refractivity contribution in [2.75, 3.05) is 0 Å². The maximum atomic E-state index is 4.61. The number of allylic oxidation sites excluding steroid dienone is 5. The zero-order valence-electron chi connectivity index (χ0n) is 12.7. The summed E-state index contributed by atoms with van der Waals surface area (Å²) in [4.78, 5) is 16.3. The number of nitrogens with one attached hydrogen (secondary N) is 1. The lowest BCUT2D eigenvalue weighted by Crippen LogP contribution is -2.17. The largest absolute Gasteiger partial charge is 0.354 e. The van der Waals surface area contributed by atoms with Crippen molar-refractivity contribution in [1.82, 2.24) is 14.8 Å². The van der Waals surface area contributed by atoms with Gasteiger partial charge >= 0.3 is 0 Å². The lowest BCUT2D eigenvalue weighted by molar-refractivity contribution is 0.513. The molecule has 0 aliphatic carbocycles. The maximum Gasteiger partial charge on any atom is 0.216 e. The molecule has 2 radical (unpaired) electrons. The van der Waals surface area contributed by atoms with Gasteiger partial charge in [0.25, 0.3) is 0 Å². The van der Waals surface area contributed by atoms with Gasteiger partial charge in [-0.1, -0.05) is 0 Å². The zero-order chi connectivity index (χ0) is 15.9. The summed E-state index contributed by atoms with van der Waals surface area (Å²) >= 11 is 0. The number of hydrogen-bond acceptors (Lipinski definition) is 4. The Morgan fingerprint density at radius 1 is 0.750 bits per heavy atom. The molecule has 24 heavy (non-hydrogen) atoms. The fourth-order valence-electron chi connectivity index (χ4n) is 2.78. The van der Waals surface area contributed by atoms with Crippen LogP contribution >= 0.6 is 0 Å². The molecule has 0 saturated carbocycles. The molecule has 1 aromatic rings. The van der Waals surface area contributed by atoms with E-state index in [-0.39, 0.29) is 0 Å². The van der Waals surface area contributed by atoms with E-state index in [9.17, 15) is 0 Å². The third-order valence-electron chi connectivity index (χ3n) is 3.86. The lowest BCUT2D eigenvalue weighted by Gasteiger charge is -2.11. The molecule has 1 N–H and O–H groups in total. The second-order valence-corrected chi connectivity index (χ2v) is 5.72. The third kappa shape index (κ3) is 2.46. The number of aliphatic imine (C=N–C) groups is 2. The van der Waals surface area contributed by atoms with E-state index in [1.54, 1.807) is 0 Å². The fourth-order valence-corrected chi connectivity index (χ4v) is 2.78. The van der Waals surface area contributed by atoms with Gasteiger partial charge in [0.05, 0.1) is 28.2 Å². The quantitative estimate of drug-likeness (QED) is 0.787. The Hall–Kier alpha value is -3.34. The van der Waals surface area contributed by atoms with Crippen LogP contribution in [0.3, 0.4) is 0 Å². The summed E-state index contributed by atoms with van der Waals surface area (Å²) in [6.45, 7) is 3.22. The first-order valence-corrected chi connectivity index (χ1v) is 7.67. The van der Waals surface area contributed by atoms with Crippen LogP contribution in [0.2, 0.25) is 0 Å². The summed E-state index contributed by atoms with van der Waals surface area (Å²) in [5.74, 6) is 0. The summed E-state index contributed by atoms with van der Waals surface area (Å²) in [5, 5.41) is 2.01. The molecule has 0 fully saturated rings. The second-order valence-electron chi connectivity index (χ2n) is 5.72. The van der Waals surface area contributed by atoms with E-state index in [0.717, 1.165) is 33.5 Å². The highest BCUT2D eigenvalue weighted by atomic mass is 15.3. The van der Waals surface area contributed by atoms with Crippen LogP contribution in [0, 0.1) is 6.67 Å². The molecule has 4 aliphatic heterocycles. The second kappa shape index (κ2) is 5.09. The monoisotopic (exact) mass is 311 g/mol. The van der Waals surface area contributed by atoms with E-state index in [1.165, 1.54) is 0 Å². The molecule has 5 heteroatoms. The van der Waals surface area contributed by atoms with Crippen molar-refractivity contribution in [2.45, 2.75) is 0 Å². The highest BCUT2D eigenvalue weighted by Gasteiger charge is 2.13. The van der Waals surface area contributed by atoms with Gasteiger partial charge in [0, 0.05) is 30.1 Å². The Bertz CT molecular complexity index is 1040. The minimum Gasteiger partial charge on any atom is -0.354 e. The number of hydrogen-bond donors (Lipinski definition) is 1. The van der Waals surface area contributed by atoms with Crippen molar-refractivity contribution < 1.29 is 0 Å². The third-order valence-corrected chi connectivity index (χ3v) is 3.86. The van der Waals surface area contributed by atoms with E-state index in [1.807, 2.05) is 83.2 Å². The van der Waals surface area contributed by atoms with Crippen molar-refractivity contribution >= 4 is 23.7 Å². The van der Waals surface area contributed by atoms with Gasteiger partial charge < -0.3 is 14.8 Å². The minimum atomic E-state index is 0.882. The highest BCUT2D eigenvalue weighted by molar-refractivity contribution is 6.19. The van der Waals surface area contributed by atoms with Gasteiger partial charge in [-0.3, -0.25) is 0 Å². The topological polar surface area (TPSA) is 47.0 Å². The van der Waals surface area contributed by atoms with Gasteiger partial charge in [-0.15, -0.1) is 0 Å². The number of rotatable bonds is 0. The Labute approximate surface area is 139 Å². The van der Waals surface area contributed by atoms with Crippen LogP contribution in [0.4, 0.5) is 0 Å². The van der Waals surface area contributed by atoms with Gasteiger partial charge in [0.2, 0.25) is 6.67 Å². The number of aromatic amines is 1. The molecule has 0 spiro atoms. The molecule has 1 aromatic heterocycles. The van der Waals surface area contributed by atoms with Gasteiger partial charge in [0.1, 0.15) is 0 Å². The minimum absolute atomic E-state index is 0.882. The smallest absolute Gasteiger partial charge is 0.216 e. The molecule has 5 rings (SSSR count). The van der Waals surface area contributed by atoms with Crippen LogP contribution in [0.5, 0.6) is 0 Å². The summed E-state index contributed by atoms with van der Waals surface area (Å²) in [5.41, 5.74) is 3.60. The summed E-state index contributed by atoms with van der Waals surface area (Å²) in [6.07, 6.45) is 19.8. The maximum absolute atomic E-state index is 4.61. The first kappa shape index (κ1) is 13.1. The zero-order valence-corrected chi connectivity index (χ0v) is 12.7. The standard InChI is InChI=1S/C19H13N5/c1-2-15-10-17-4-6-19(22-17)12-24-8-7-23(13-24)11-18-5-3-16(21-18)9-14(1)20-15/h1-12,21H. The predicted octanol–water partition coefficient (Wildman–Crippen LogP) is 1.38. The Morgan fingerprint density at radius 2 is 1.46 bits per heavy atom. The molecular formula is C19H13N5. The van der Waals surface area contributed by atoms with E-state index < -0.39 is 0 Å². The van der Waals surface area contributed by atoms with E-state index in [4.69, 9.17) is 0 Å². The lowest BCUT2D eigenvalue weighted by atomic mass is 10.3. The highest BCUT2D eigenvalue weighted by Crippen LogP contribution is 2.18. The average Bonchev–Trinajstić information content (AvgIpc) is 3.32. The molecular weight excluding hydrogens is 298 g/mol. The molecule has 5 heterocycles. The number of nitrogens with zero attached hydrogens (tertiary/aromatic N) is 4. The van der Waals surface area contributed by atoms with Crippen molar-refractivity contribution in [3.63, 3.8) is 0 Å². The molecule has 5 nitrogen and oxygen atoms in total. The predicted molar refractivity (Wildman–Crippen MR) is 94.3 cm³/mol. The van der Waals surface area contributed by atoms with Crippen LogP contribution in [0.1, 0.15) is 0 Å². The first-order chi connectivity index (χ1) is 11.8. The number of aromatic nitrogens is 1. The fraction of sp³-hybridized carbons (Fsp3) is 0. The van der Waals surface area contributed by atoms with Crippen LogP contribution in [0.25, 0.3) is 12.3 Å². The molecule has 0 amide bonds. The molecule has 8 bridgehead atoms. The van der Waals surface area contributed by atoms with Crippen LogP contribution < -0.4 is 10.7 Å². The van der Waals surface area contributed by atoms with Crippen molar-refractivity contribution in [2.24, 2.45) is 9.98 Å².